The molecule has 0 aromatic heterocycles. The fourth-order valence-corrected chi connectivity index (χ4v) is 1.88. The van der Waals surface area contributed by atoms with Crippen LogP contribution in [0.4, 0.5) is 5.69 Å². The summed E-state index contributed by atoms with van der Waals surface area (Å²) in [6, 6.07) is 7.74. The topological polar surface area (TPSA) is 52.6 Å². The number of aliphatic carboxylic acids is 1. The third kappa shape index (κ3) is 4.04. The first kappa shape index (κ1) is 14.5. The molecular formula is C14H22N2O2. The van der Waals surface area contributed by atoms with Crippen molar-refractivity contribution in [3.05, 3.63) is 29.8 Å². The van der Waals surface area contributed by atoms with E-state index in [0.717, 1.165) is 18.5 Å². The molecule has 100 valence electrons. The molecule has 1 atom stereocenters. The van der Waals surface area contributed by atoms with Crippen LogP contribution in [0.15, 0.2) is 24.3 Å². The number of hydrogen-bond donors (Lipinski definition) is 2. The van der Waals surface area contributed by atoms with E-state index in [9.17, 15) is 4.79 Å². The van der Waals surface area contributed by atoms with Gasteiger partial charge in [0.05, 0.1) is 0 Å². The zero-order valence-corrected chi connectivity index (χ0v) is 11.3. The third-order valence-corrected chi connectivity index (χ3v) is 3.02. The molecule has 4 heteroatoms. The standard InChI is InChI=1S/C14H22N2O2/c1-4-5-11-6-8-12(9-7-11)16(3)10-13(15-2)14(17)18/h6-9,13,15H,4-5,10H2,1-3H3,(H,17,18). The second-order valence-corrected chi connectivity index (χ2v) is 4.48. The highest BCUT2D eigenvalue weighted by molar-refractivity contribution is 5.74. The number of nitrogens with zero attached hydrogens (tertiary/aromatic N) is 1. The van der Waals surface area contributed by atoms with E-state index in [0.29, 0.717) is 6.54 Å². The molecule has 0 aliphatic rings. The maximum Gasteiger partial charge on any atom is 0.322 e. The van der Waals surface area contributed by atoms with E-state index in [1.165, 1.54) is 5.56 Å². The van der Waals surface area contributed by atoms with Crippen molar-refractivity contribution < 1.29 is 9.90 Å². The zero-order chi connectivity index (χ0) is 13.5. The van der Waals surface area contributed by atoms with E-state index in [4.69, 9.17) is 5.11 Å². The van der Waals surface area contributed by atoms with E-state index in [1.54, 1.807) is 7.05 Å². The molecule has 0 saturated carbocycles. The van der Waals surface area contributed by atoms with Gasteiger partial charge in [0, 0.05) is 19.3 Å². The molecule has 0 heterocycles. The summed E-state index contributed by atoms with van der Waals surface area (Å²) in [7, 11) is 3.57. The van der Waals surface area contributed by atoms with E-state index < -0.39 is 12.0 Å². The summed E-state index contributed by atoms with van der Waals surface area (Å²) in [5.41, 5.74) is 2.36. The summed E-state index contributed by atoms with van der Waals surface area (Å²) < 4.78 is 0. The van der Waals surface area contributed by atoms with Crippen LogP contribution in [0, 0.1) is 0 Å². The van der Waals surface area contributed by atoms with Gasteiger partial charge >= 0.3 is 5.97 Å². The molecule has 1 aromatic rings. The molecule has 2 N–H and O–H groups in total. The van der Waals surface area contributed by atoms with E-state index >= 15 is 0 Å². The molecule has 4 nitrogen and oxygen atoms in total. The highest BCUT2D eigenvalue weighted by Crippen LogP contribution is 2.15. The van der Waals surface area contributed by atoms with Crippen LogP contribution in [0.5, 0.6) is 0 Å². The Morgan fingerprint density at radius 2 is 2.00 bits per heavy atom. The van der Waals surface area contributed by atoms with Crippen molar-refractivity contribution in [3.8, 4) is 0 Å². The Bertz CT molecular complexity index is 376. The van der Waals surface area contributed by atoms with Gasteiger partial charge in [0.1, 0.15) is 6.04 Å². The van der Waals surface area contributed by atoms with Crippen molar-refractivity contribution in [1.82, 2.24) is 5.32 Å². The Hall–Kier alpha value is -1.55. The summed E-state index contributed by atoms with van der Waals surface area (Å²) in [5, 5.41) is 11.8. The average molecular weight is 250 g/mol. The molecule has 0 amide bonds. The SMILES string of the molecule is CCCc1ccc(N(C)CC(NC)C(=O)O)cc1. The fourth-order valence-electron chi connectivity index (χ4n) is 1.88. The Kier molecular flexibility index (Phi) is 5.65. The number of nitrogens with one attached hydrogen (secondary N) is 1. The summed E-state index contributed by atoms with van der Waals surface area (Å²) >= 11 is 0. The maximum absolute atomic E-state index is 10.9. The first-order valence-electron chi connectivity index (χ1n) is 6.28. The molecule has 0 saturated heterocycles. The Labute approximate surface area is 109 Å². The molecule has 0 radical (unpaired) electrons. The second-order valence-electron chi connectivity index (χ2n) is 4.48. The maximum atomic E-state index is 10.9. The van der Waals surface area contributed by atoms with Crippen molar-refractivity contribution in [2.45, 2.75) is 25.8 Å². The number of carboxylic acids is 1. The molecule has 0 aliphatic carbocycles. The number of aryl methyl sites for hydroxylation is 1. The molecule has 1 aromatic carbocycles. The fraction of sp³-hybridized carbons (Fsp3) is 0.500. The number of anilines is 1. The predicted molar refractivity (Wildman–Crippen MR) is 74.2 cm³/mol. The van der Waals surface area contributed by atoms with E-state index in [1.807, 2.05) is 24.1 Å². The highest BCUT2D eigenvalue weighted by atomic mass is 16.4. The Balaban J connectivity index is 2.65. The van der Waals surface area contributed by atoms with Crippen molar-refractivity contribution >= 4 is 11.7 Å². The van der Waals surface area contributed by atoms with Gasteiger partial charge in [-0.2, -0.15) is 0 Å². The minimum absolute atomic E-state index is 0.443. The van der Waals surface area contributed by atoms with Crippen molar-refractivity contribution in [1.29, 1.82) is 0 Å². The van der Waals surface area contributed by atoms with Gasteiger partial charge < -0.3 is 15.3 Å². The van der Waals surface area contributed by atoms with Gasteiger partial charge in [0.15, 0.2) is 0 Å². The lowest BCUT2D eigenvalue weighted by molar-refractivity contribution is -0.139. The first-order valence-corrected chi connectivity index (χ1v) is 6.28. The molecule has 0 bridgehead atoms. The summed E-state index contributed by atoms with van der Waals surface area (Å²) in [4.78, 5) is 12.9. The van der Waals surface area contributed by atoms with Crippen LogP contribution in [-0.2, 0) is 11.2 Å². The summed E-state index contributed by atoms with van der Waals surface area (Å²) in [5.74, 6) is -0.827. The predicted octanol–water partition coefficient (Wildman–Crippen LogP) is 1.75. The molecular weight excluding hydrogens is 228 g/mol. The van der Waals surface area contributed by atoms with Gasteiger partial charge in [-0.3, -0.25) is 4.79 Å². The van der Waals surface area contributed by atoms with Gasteiger partial charge in [0.2, 0.25) is 0 Å². The number of likely N-dealkylation sites (N-methyl/N-ethyl adjacent to an activating group) is 2. The van der Waals surface area contributed by atoms with Crippen molar-refractivity contribution in [3.63, 3.8) is 0 Å². The molecule has 18 heavy (non-hydrogen) atoms. The van der Waals surface area contributed by atoms with Crippen molar-refractivity contribution in [2.75, 3.05) is 25.5 Å². The Morgan fingerprint density at radius 3 is 2.44 bits per heavy atom. The average Bonchev–Trinajstić information content (AvgIpc) is 2.36. The van der Waals surface area contributed by atoms with Crippen LogP contribution in [0.2, 0.25) is 0 Å². The largest absolute Gasteiger partial charge is 0.480 e. The van der Waals surface area contributed by atoms with E-state index in [2.05, 4.69) is 24.4 Å². The summed E-state index contributed by atoms with van der Waals surface area (Å²) in [6.45, 7) is 2.60. The monoisotopic (exact) mass is 250 g/mol. The minimum Gasteiger partial charge on any atom is -0.480 e. The minimum atomic E-state index is -0.827. The lowest BCUT2D eigenvalue weighted by atomic mass is 10.1. The number of carboxylic acid groups (broad SMARTS) is 1. The van der Waals surface area contributed by atoms with Gasteiger partial charge in [-0.1, -0.05) is 25.5 Å². The second kappa shape index (κ2) is 7.01. The van der Waals surface area contributed by atoms with Gasteiger partial charge in [-0.25, -0.2) is 0 Å². The number of rotatable bonds is 7. The lowest BCUT2D eigenvalue weighted by Crippen LogP contribution is -2.43. The normalized spacial score (nSPS) is 12.2. The van der Waals surface area contributed by atoms with Crippen LogP contribution >= 0.6 is 0 Å². The quantitative estimate of drug-likeness (QED) is 0.774. The van der Waals surface area contributed by atoms with Gasteiger partial charge in [-0.05, 0) is 31.2 Å². The van der Waals surface area contributed by atoms with Crippen molar-refractivity contribution in [2.24, 2.45) is 0 Å². The molecule has 0 fully saturated rings. The van der Waals surface area contributed by atoms with E-state index in [-0.39, 0.29) is 0 Å². The van der Waals surface area contributed by atoms with Crippen LogP contribution < -0.4 is 10.2 Å². The van der Waals surface area contributed by atoms with Crippen LogP contribution in [0.25, 0.3) is 0 Å². The Morgan fingerprint density at radius 1 is 1.39 bits per heavy atom. The third-order valence-electron chi connectivity index (χ3n) is 3.02. The molecule has 1 rings (SSSR count). The van der Waals surface area contributed by atoms with Gasteiger partial charge in [0.25, 0.3) is 0 Å². The number of benzene rings is 1. The van der Waals surface area contributed by atoms with Gasteiger partial charge in [-0.15, -0.1) is 0 Å². The zero-order valence-electron chi connectivity index (χ0n) is 11.3. The lowest BCUT2D eigenvalue weighted by Gasteiger charge is -2.23. The number of carbonyl (C=O) groups is 1. The summed E-state index contributed by atoms with van der Waals surface area (Å²) in [6.07, 6.45) is 2.22. The molecule has 0 aliphatic heterocycles. The van der Waals surface area contributed by atoms with Crippen LogP contribution in [0.3, 0.4) is 0 Å². The number of hydrogen-bond acceptors (Lipinski definition) is 3. The smallest absolute Gasteiger partial charge is 0.322 e. The van der Waals surface area contributed by atoms with Crippen LogP contribution in [-0.4, -0.2) is 37.8 Å². The first-order chi connectivity index (χ1) is 8.58. The molecule has 1 unspecified atom stereocenters. The molecule has 0 spiro atoms. The highest BCUT2D eigenvalue weighted by Gasteiger charge is 2.17. The van der Waals surface area contributed by atoms with Crippen LogP contribution in [0.1, 0.15) is 18.9 Å².